The van der Waals surface area contributed by atoms with Gasteiger partial charge in [0, 0.05) is 12.6 Å². The van der Waals surface area contributed by atoms with Crippen LogP contribution in [0.5, 0.6) is 0 Å². The van der Waals surface area contributed by atoms with Gasteiger partial charge in [0.1, 0.15) is 11.6 Å². The van der Waals surface area contributed by atoms with Gasteiger partial charge in [0.05, 0.1) is 16.7 Å². The summed E-state index contributed by atoms with van der Waals surface area (Å²) in [6.45, 7) is 2.13. The Kier molecular flexibility index (Phi) is 4.60. The highest BCUT2D eigenvalue weighted by Crippen LogP contribution is 2.26. The number of rotatable bonds is 3. The topological polar surface area (TPSA) is 40.5 Å². The average Bonchev–Trinajstić information content (AvgIpc) is 2.80. The Labute approximate surface area is 121 Å². The minimum Gasteiger partial charge on any atom is -0.393 e. The number of likely N-dealkylation sites (tertiary alicyclic amines) is 1. The fraction of sp³-hybridized carbons (Fsp3) is 0.500. The molecular formula is C14H16ClF2NO2. The molecule has 0 spiro atoms. The maximum absolute atomic E-state index is 13.8. The molecule has 0 radical (unpaired) electrons. The number of carbonyl (C=O) groups is 1. The first-order valence-electron chi connectivity index (χ1n) is 6.53. The van der Waals surface area contributed by atoms with Crippen LogP contribution in [0.15, 0.2) is 12.1 Å². The van der Waals surface area contributed by atoms with E-state index in [2.05, 4.69) is 0 Å². The molecule has 2 rings (SSSR count). The fourth-order valence-corrected chi connectivity index (χ4v) is 2.73. The molecule has 2 atom stereocenters. The fourth-order valence-electron chi connectivity index (χ4n) is 2.58. The lowest BCUT2D eigenvalue weighted by molar-refractivity contribution is 0.0677. The van der Waals surface area contributed by atoms with Crippen molar-refractivity contribution in [2.75, 3.05) is 6.54 Å². The van der Waals surface area contributed by atoms with E-state index >= 15 is 0 Å². The summed E-state index contributed by atoms with van der Waals surface area (Å²) in [6, 6.07) is 1.50. The first kappa shape index (κ1) is 15.2. The summed E-state index contributed by atoms with van der Waals surface area (Å²) in [4.78, 5) is 13.8. The highest BCUT2D eigenvalue weighted by atomic mass is 35.5. The molecular weight excluding hydrogens is 288 g/mol. The van der Waals surface area contributed by atoms with Crippen LogP contribution >= 0.6 is 11.6 Å². The van der Waals surface area contributed by atoms with Gasteiger partial charge in [-0.25, -0.2) is 8.78 Å². The van der Waals surface area contributed by atoms with Crippen LogP contribution in [-0.2, 0) is 0 Å². The zero-order valence-corrected chi connectivity index (χ0v) is 11.8. The molecule has 1 amide bonds. The summed E-state index contributed by atoms with van der Waals surface area (Å²) in [5.41, 5.74) is -0.315. The predicted octanol–water partition coefficient (Wildman–Crippen LogP) is 2.99. The van der Waals surface area contributed by atoms with Gasteiger partial charge in [-0.15, -0.1) is 0 Å². The number of halogens is 3. The van der Waals surface area contributed by atoms with Crippen molar-refractivity contribution in [1.29, 1.82) is 0 Å². The highest BCUT2D eigenvalue weighted by molar-refractivity contribution is 6.30. The molecule has 3 nitrogen and oxygen atoms in total. The van der Waals surface area contributed by atoms with Gasteiger partial charge in [0.15, 0.2) is 0 Å². The van der Waals surface area contributed by atoms with Crippen LogP contribution in [0, 0.1) is 11.6 Å². The molecule has 1 fully saturated rings. The molecule has 6 heteroatoms. The van der Waals surface area contributed by atoms with Gasteiger partial charge in [0.2, 0.25) is 0 Å². The van der Waals surface area contributed by atoms with Crippen molar-refractivity contribution >= 4 is 17.5 Å². The predicted molar refractivity (Wildman–Crippen MR) is 71.7 cm³/mol. The Hall–Kier alpha value is -1.20. The van der Waals surface area contributed by atoms with Gasteiger partial charge in [-0.1, -0.05) is 11.6 Å². The summed E-state index contributed by atoms with van der Waals surface area (Å²) in [7, 11) is 0. The van der Waals surface area contributed by atoms with E-state index in [0.29, 0.717) is 13.0 Å². The molecule has 1 aromatic rings. The van der Waals surface area contributed by atoms with Crippen molar-refractivity contribution in [3.05, 3.63) is 34.4 Å². The number of carbonyl (C=O) groups excluding carboxylic acids is 1. The zero-order chi connectivity index (χ0) is 14.9. The van der Waals surface area contributed by atoms with Crippen LogP contribution in [0.1, 0.15) is 36.5 Å². The molecule has 1 aliphatic rings. The first-order valence-corrected chi connectivity index (χ1v) is 6.91. The largest absolute Gasteiger partial charge is 0.393 e. The molecule has 1 saturated heterocycles. The van der Waals surface area contributed by atoms with Crippen molar-refractivity contribution in [3.63, 3.8) is 0 Å². The van der Waals surface area contributed by atoms with Crippen LogP contribution in [-0.4, -0.2) is 34.6 Å². The molecule has 1 N–H and O–H groups in total. The Bertz CT molecular complexity index is 522. The van der Waals surface area contributed by atoms with E-state index < -0.39 is 23.6 Å². The molecule has 0 unspecified atom stereocenters. The van der Waals surface area contributed by atoms with Crippen molar-refractivity contribution < 1.29 is 18.7 Å². The van der Waals surface area contributed by atoms with E-state index in [1.165, 1.54) is 4.90 Å². The summed E-state index contributed by atoms with van der Waals surface area (Å²) >= 11 is 5.47. The third kappa shape index (κ3) is 3.10. The molecule has 20 heavy (non-hydrogen) atoms. The van der Waals surface area contributed by atoms with Crippen molar-refractivity contribution in [2.45, 2.75) is 38.3 Å². The third-order valence-electron chi connectivity index (χ3n) is 3.49. The molecule has 1 aromatic carbocycles. The molecule has 0 aliphatic carbocycles. The quantitative estimate of drug-likeness (QED) is 0.872. The molecule has 0 bridgehead atoms. The van der Waals surface area contributed by atoms with Gasteiger partial charge in [-0.05, 0) is 38.3 Å². The number of hydrogen-bond donors (Lipinski definition) is 1. The lowest BCUT2D eigenvalue weighted by atomic mass is 10.1. The van der Waals surface area contributed by atoms with Gasteiger partial charge in [0.25, 0.3) is 5.91 Å². The molecule has 1 heterocycles. The summed E-state index contributed by atoms with van der Waals surface area (Å²) in [6.07, 6.45) is 1.44. The Morgan fingerprint density at radius 3 is 2.85 bits per heavy atom. The second kappa shape index (κ2) is 6.06. The highest BCUT2D eigenvalue weighted by Gasteiger charge is 2.31. The molecule has 0 aromatic heterocycles. The SMILES string of the molecule is C[C@H](O)C[C@@H]1CCCN1C(=O)c1cc(F)c(Cl)cc1F. The second-order valence-corrected chi connectivity index (χ2v) is 5.53. The maximum atomic E-state index is 13.8. The minimum absolute atomic E-state index is 0.138. The number of benzene rings is 1. The van der Waals surface area contributed by atoms with E-state index in [4.69, 9.17) is 11.6 Å². The maximum Gasteiger partial charge on any atom is 0.257 e. The standard InChI is InChI=1S/C14H16ClF2NO2/c1-8(19)5-9-3-2-4-18(9)14(20)10-6-13(17)11(15)7-12(10)16/h6-9,19H,2-5H2,1H3/t8-,9-/m0/s1. The number of amides is 1. The van der Waals surface area contributed by atoms with Gasteiger partial charge in [-0.3, -0.25) is 4.79 Å². The average molecular weight is 304 g/mol. The lowest BCUT2D eigenvalue weighted by Crippen LogP contribution is -2.37. The molecule has 1 aliphatic heterocycles. The number of hydrogen-bond acceptors (Lipinski definition) is 2. The Morgan fingerprint density at radius 2 is 2.20 bits per heavy atom. The number of aliphatic hydroxyl groups excluding tert-OH is 1. The van der Waals surface area contributed by atoms with Crippen LogP contribution < -0.4 is 0 Å². The normalized spacial score (nSPS) is 20.2. The first-order chi connectivity index (χ1) is 9.40. The van der Waals surface area contributed by atoms with Crippen molar-refractivity contribution in [3.8, 4) is 0 Å². The van der Waals surface area contributed by atoms with Gasteiger partial charge in [-0.2, -0.15) is 0 Å². The summed E-state index contributed by atoms with van der Waals surface area (Å²) < 4.78 is 27.2. The molecule has 110 valence electrons. The molecule has 0 saturated carbocycles. The summed E-state index contributed by atoms with van der Waals surface area (Å²) in [5, 5.41) is 9.08. The van der Waals surface area contributed by atoms with E-state index in [1.54, 1.807) is 6.92 Å². The van der Waals surface area contributed by atoms with E-state index in [0.717, 1.165) is 25.0 Å². The van der Waals surface area contributed by atoms with Crippen molar-refractivity contribution in [2.24, 2.45) is 0 Å². The Morgan fingerprint density at radius 1 is 1.50 bits per heavy atom. The smallest absolute Gasteiger partial charge is 0.257 e. The third-order valence-corrected chi connectivity index (χ3v) is 3.78. The monoisotopic (exact) mass is 303 g/mol. The van der Waals surface area contributed by atoms with E-state index in [9.17, 15) is 18.7 Å². The second-order valence-electron chi connectivity index (χ2n) is 5.13. The summed E-state index contributed by atoms with van der Waals surface area (Å²) in [5.74, 6) is -2.20. The minimum atomic E-state index is -0.830. The van der Waals surface area contributed by atoms with Crippen LogP contribution in [0.4, 0.5) is 8.78 Å². The van der Waals surface area contributed by atoms with Crippen LogP contribution in [0.25, 0.3) is 0 Å². The van der Waals surface area contributed by atoms with Gasteiger partial charge >= 0.3 is 0 Å². The Balaban J connectivity index is 2.24. The number of nitrogens with zero attached hydrogens (tertiary/aromatic N) is 1. The van der Waals surface area contributed by atoms with Gasteiger partial charge < -0.3 is 10.0 Å². The zero-order valence-electron chi connectivity index (χ0n) is 11.1. The van der Waals surface area contributed by atoms with Crippen molar-refractivity contribution in [1.82, 2.24) is 4.90 Å². The van der Waals surface area contributed by atoms with Crippen LogP contribution in [0.3, 0.4) is 0 Å². The lowest BCUT2D eigenvalue weighted by Gasteiger charge is -2.26. The number of aliphatic hydroxyl groups is 1. The van der Waals surface area contributed by atoms with E-state index in [-0.39, 0.29) is 16.6 Å². The van der Waals surface area contributed by atoms with Crippen LogP contribution in [0.2, 0.25) is 5.02 Å². The van der Waals surface area contributed by atoms with E-state index in [1.807, 2.05) is 0 Å².